The number of benzene rings is 1. The predicted molar refractivity (Wildman–Crippen MR) is 65.1 cm³/mol. The fraction of sp³-hybridized carbons (Fsp3) is 0. The van der Waals surface area contributed by atoms with Gasteiger partial charge in [-0.05, 0) is 36.4 Å². The molecule has 1 aromatic carbocycles. The first-order valence-corrected chi connectivity index (χ1v) is 5.44. The van der Waals surface area contributed by atoms with Crippen LogP contribution >= 0.6 is 11.6 Å². The number of furan rings is 1. The average Bonchev–Trinajstić information content (AvgIpc) is 2.90. The maximum absolute atomic E-state index is 11.6. The van der Waals surface area contributed by atoms with Gasteiger partial charge in [-0.3, -0.25) is 20.4 Å². The Kier molecular flexibility index (Phi) is 3.64. The predicted octanol–water partition coefficient (Wildman–Crippen LogP) is 2.01. The number of carbonyl (C=O) groups is 2. The molecule has 0 unspecified atom stereocenters. The summed E-state index contributed by atoms with van der Waals surface area (Å²) < 4.78 is 4.87. The summed E-state index contributed by atoms with van der Waals surface area (Å²) in [7, 11) is 0. The molecule has 18 heavy (non-hydrogen) atoms. The van der Waals surface area contributed by atoms with E-state index in [1.807, 2.05) is 0 Å². The van der Waals surface area contributed by atoms with Crippen LogP contribution in [0.5, 0.6) is 0 Å². The number of carbonyl (C=O) groups excluding carboxylic acids is 2. The highest BCUT2D eigenvalue weighted by molar-refractivity contribution is 6.30. The van der Waals surface area contributed by atoms with Crippen molar-refractivity contribution < 1.29 is 14.0 Å². The molecule has 0 bridgehead atoms. The lowest BCUT2D eigenvalue weighted by molar-refractivity contribution is 0.0831. The normalized spacial score (nSPS) is 9.83. The number of hydrazine groups is 1. The van der Waals surface area contributed by atoms with Gasteiger partial charge in [-0.1, -0.05) is 11.6 Å². The van der Waals surface area contributed by atoms with E-state index in [1.165, 1.54) is 12.3 Å². The molecule has 0 fully saturated rings. The number of hydrogen-bond acceptors (Lipinski definition) is 3. The van der Waals surface area contributed by atoms with Gasteiger partial charge < -0.3 is 4.42 Å². The van der Waals surface area contributed by atoms with Crippen molar-refractivity contribution in [2.24, 2.45) is 0 Å². The summed E-state index contributed by atoms with van der Waals surface area (Å²) in [5, 5.41) is 0.533. The first-order valence-electron chi connectivity index (χ1n) is 5.06. The molecular weight excluding hydrogens is 256 g/mol. The Morgan fingerprint density at radius 2 is 1.67 bits per heavy atom. The van der Waals surface area contributed by atoms with Crippen molar-refractivity contribution in [2.75, 3.05) is 0 Å². The molecule has 0 aliphatic rings. The van der Waals surface area contributed by atoms with Gasteiger partial charge in [0.2, 0.25) is 0 Å². The van der Waals surface area contributed by atoms with E-state index in [0.29, 0.717) is 10.6 Å². The monoisotopic (exact) mass is 264 g/mol. The molecule has 2 amide bonds. The van der Waals surface area contributed by atoms with E-state index >= 15 is 0 Å². The topological polar surface area (TPSA) is 71.3 Å². The molecule has 5 nitrogen and oxygen atoms in total. The summed E-state index contributed by atoms with van der Waals surface area (Å²) in [4.78, 5) is 23.1. The van der Waals surface area contributed by atoms with Crippen molar-refractivity contribution in [1.29, 1.82) is 0 Å². The average molecular weight is 265 g/mol. The number of rotatable bonds is 2. The number of nitrogens with one attached hydrogen (secondary N) is 2. The molecule has 92 valence electrons. The van der Waals surface area contributed by atoms with Crippen LogP contribution < -0.4 is 10.9 Å². The second kappa shape index (κ2) is 5.37. The standard InChI is InChI=1S/C12H9ClN2O3/c13-9-5-3-8(4-6-9)11(16)14-15-12(17)10-2-1-7-18-10/h1-7H,(H,14,16)(H,15,17). The van der Waals surface area contributed by atoms with E-state index in [0.717, 1.165) is 0 Å². The maximum Gasteiger partial charge on any atom is 0.305 e. The van der Waals surface area contributed by atoms with Crippen molar-refractivity contribution in [2.45, 2.75) is 0 Å². The first-order chi connectivity index (χ1) is 8.66. The lowest BCUT2D eigenvalue weighted by atomic mass is 10.2. The van der Waals surface area contributed by atoms with Crippen LogP contribution in [0.4, 0.5) is 0 Å². The number of halogens is 1. The molecule has 0 aliphatic carbocycles. The van der Waals surface area contributed by atoms with Crippen LogP contribution in [-0.4, -0.2) is 11.8 Å². The largest absolute Gasteiger partial charge is 0.459 e. The minimum absolute atomic E-state index is 0.117. The van der Waals surface area contributed by atoms with E-state index < -0.39 is 11.8 Å². The van der Waals surface area contributed by atoms with Crippen molar-refractivity contribution in [3.8, 4) is 0 Å². The van der Waals surface area contributed by atoms with E-state index in [9.17, 15) is 9.59 Å². The van der Waals surface area contributed by atoms with Crippen LogP contribution in [0.25, 0.3) is 0 Å². The Balaban J connectivity index is 1.92. The third kappa shape index (κ3) is 2.89. The quantitative estimate of drug-likeness (QED) is 0.815. The third-order valence-corrected chi connectivity index (χ3v) is 2.39. The summed E-state index contributed by atoms with van der Waals surface area (Å²) >= 11 is 5.70. The minimum atomic E-state index is -0.526. The molecule has 0 saturated carbocycles. The molecule has 2 rings (SSSR count). The second-order valence-electron chi connectivity index (χ2n) is 3.39. The Morgan fingerprint density at radius 1 is 1.00 bits per heavy atom. The molecule has 2 N–H and O–H groups in total. The molecule has 0 atom stereocenters. The number of hydrogen-bond donors (Lipinski definition) is 2. The highest BCUT2D eigenvalue weighted by atomic mass is 35.5. The van der Waals surface area contributed by atoms with Gasteiger partial charge in [0.05, 0.1) is 6.26 Å². The van der Waals surface area contributed by atoms with Gasteiger partial charge in [0, 0.05) is 10.6 Å². The Labute approximate surface area is 108 Å². The number of amides is 2. The van der Waals surface area contributed by atoms with E-state index in [-0.39, 0.29) is 5.76 Å². The van der Waals surface area contributed by atoms with Gasteiger partial charge in [0.15, 0.2) is 5.76 Å². The second-order valence-corrected chi connectivity index (χ2v) is 3.83. The molecule has 0 spiro atoms. The van der Waals surface area contributed by atoms with Gasteiger partial charge in [-0.25, -0.2) is 0 Å². The minimum Gasteiger partial charge on any atom is -0.459 e. The van der Waals surface area contributed by atoms with Crippen LogP contribution in [-0.2, 0) is 0 Å². The Hall–Kier alpha value is -2.27. The molecule has 1 aromatic heterocycles. The van der Waals surface area contributed by atoms with Crippen molar-refractivity contribution in [3.05, 3.63) is 59.0 Å². The zero-order valence-electron chi connectivity index (χ0n) is 9.14. The smallest absolute Gasteiger partial charge is 0.305 e. The summed E-state index contributed by atoms with van der Waals surface area (Å²) in [5.74, 6) is -0.847. The molecule has 2 aromatic rings. The molecule has 0 saturated heterocycles. The molecule has 1 heterocycles. The van der Waals surface area contributed by atoms with Crippen LogP contribution in [0, 0.1) is 0 Å². The van der Waals surface area contributed by atoms with Gasteiger partial charge in [0.25, 0.3) is 5.91 Å². The molecule has 6 heteroatoms. The first kappa shape index (κ1) is 12.2. The molecular formula is C12H9ClN2O3. The summed E-state index contributed by atoms with van der Waals surface area (Å²) in [5.41, 5.74) is 4.89. The van der Waals surface area contributed by atoms with Crippen molar-refractivity contribution in [3.63, 3.8) is 0 Å². The molecule has 0 aliphatic heterocycles. The zero-order chi connectivity index (χ0) is 13.0. The summed E-state index contributed by atoms with van der Waals surface area (Å²) in [6.07, 6.45) is 1.37. The highest BCUT2D eigenvalue weighted by Gasteiger charge is 2.10. The highest BCUT2D eigenvalue weighted by Crippen LogP contribution is 2.09. The van der Waals surface area contributed by atoms with Gasteiger partial charge >= 0.3 is 5.91 Å². The van der Waals surface area contributed by atoms with Gasteiger partial charge in [0.1, 0.15) is 0 Å². The SMILES string of the molecule is O=C(NNC(=O)c1ccco1)c1ccc(Cl)cc1. The van der Waals surface area contributed by atoms with Gasteiger partial charge in [-0.2, -0.15) is 0 Å². The van der Waals surface area contributed by atoms with Crippen molar-refractivity contribution >= 4 is 23.4 Å². The van der Waals surface area contributed by atoms with Crippen LogP contribution in [0.2, 0.25) is 5.02 Å². The lowest BCUT2D eigenvalue weighted by Crippen LogP contribution is -2.41. The van der Waals surface area contributed by atoms with Gasteiger partial charge in [-0.15, -0.1) is 0 Å². The fourth-order valence-electron chi connectivity index (χ4n) is 1.26. The fourth-order valence-corrected chi connectivity index (χ4v) is 1.38. The lowest BCUT2D eigenvalue weighted by Gasteiger charge is -2.05. The Bertz CT molecular complexity index is 549. The van der Waals surface area contributed by atoms with E-state index in [2.05, 4.69) is 10.9 Å². The summed E-state index contributed by atoms with van der Waals surface area (Å²) in [6.45, 7) is 0. The molecule has 0 radical (unpaired) electrons. The van der Waals surface area contributed by atoms with Crippen LogP contribution in [0.1, 0.15) is 20.9 Å². The van der Waals surface area contributed by atoms with E-state index in [4.69, 9.17) is 16.0 Å². The van der Waals surface area contributed by atoms with Crippen LogP contribution in [0.3, 0.4) is 0 Å². The third-order valence-electron chi connectivity index (χ3n) is 2.14. The van der Waals surface area contributed by atoms with E-state index in [1.54, 1.807) is 30.3 Å². The zero-order valence-corrected chi connectivity index (χ0v) is 9.90. The van der Waals surface area contributed by atoms with Crippen LogP contribution in [0.15, 0.2) is 47.1 Å². The maximum atomic E-state index is 11.6. The Morgan fingerprint density at radius 3 is 2.28 bits per heavy atom. The van der Waals surface area contributed by atoms with Crippen molar-refractivity contribution in [1.82, 2.24) is 10.9 Å². The summed E-state index contributed by atoms with van der Waals surface area (Å²) in [6, 6.07) is 9.35.